The number of hydrogen-bond donors (Lipinski definition) is 3. The van der Waals surface area contributed by atoms with E-state index in [0.717, 1.165) is 10.6 Å². The molecule has 0 unspecified atom stereocenters. The zero-order chi connectivity index (χ0) is 26.5. The summed E-state index contributed by atoms with van der Waals surface area (Å²) in [7, 11) is -2.25. The molecular formula is C24H25FN6O4S. The van der Waals surface area contributed by atoms with E-state index in [2.05, 4.69) is 32.0 Å². The number of hydroxylamine groups is 1. The molecule has 0 spiro atoms. The van der Waals surface area contributed by atoms with E-state index >= 15 is 0 Å². The lowest BCUT2D eigenvalue weighted by Crippen LogP contribution is -2.28. The molecule has 12 heteroatoms. The van der Waals surface area contributed by atoms with Gasteiger partial charge in [-0.05, 0) is 44.2 Å². The molecule has 188 valence electrons. The Morgan fingerprint density at radius 3 is 2.53 bits per heavy atom. The zero-order valence-corrected chi connectivity index (χ0v) is 20.9. The molecule has 3 aromatic rings. The third kappa shape index (κ3) is 6.68. The van der Waals surface area contributed by atoms with Crippen LogP contribution in [-0.2, 0) is 14.9 Å². The zero-order valence-electron chi connectivity index (χ0n) is 20.0. The monoisotopic (exact) mass is 512 g/mol. The predicted octanol–water partition coefficient (Wildman–Crippen LogP) is 3.55. The molecule has 3 rings (SSSR count). The molecule has 0 aliphatic heterocycles. The Balaban J connectivity index is 2.07. The Hall–Kier alpha value is -4.21. The van der Waals surface area contributed by atoms with Crippen LogP contribution in [0.1, 0.15) is 29.8 Å². The Morgan fingerprint density at radius 2 is 1.89 bits per heavy atom. The SMILES string of the molecule is C#Cc1ccc(Nc2cc(Nc3cccc(F)n3)ncc2C(=O)NOC(C)C)c(N(C)S(C)(=O)=O)c1. The highest BCUT2D eigenvalue weighted by molar-refractivity contribution is 7.92. The van der Waals surface area contributed by atoms with Crippen molar-refractivity contribution in [3.63, 3.8) is 0 Å². The van der Waals surface area contributed by atoms with Crippen molar-refractivity contribution in [3.05, 3.63) is 65.7 Å². The van der Waals surface area contributed by atoms with Gasteiger partial charge < -0.3 is 10.6 Å². The van der Waals surface area contributed by atoms with E-state index in [0.29, 0.717) is 11.3 Å². The van der Waals surface area contributed by atoms with Crippen LogP contribution >= 0.6 is 0 Å². The number of pyridine rings is 2. The van der Waals surface area contributed by atoms with Crippen molar-refractivity contribution in [1.29, 1.82) is 0 Å². The Labute approximate surface area is 208 Å². The van der Waals surface area contributed by atoms with E-state index in [1.54, 1.807) is 32.0 Å². The average Bonchev–Trinajstić information content (AvgIpc) is 2.82. The Bertz CT molecular complexity index is 1420. The van der Waals surface area contributed by atoms with Crippen LogP contribution in [0.2, 0.25) is 0 Å². The number of sulfonamides is 1. The number of nitrogens with zero attached hydrogens (tertiary/aromatic N) is 3. The number of rotatable bonds is 9. The summed E-state index contributed by atoms with van der Waals surface area (Å²) >= 11 is 0. The molecule has 0 aliphatic carbocycles. The van der Waals surface area contributed by atoms with Crippen LogP contribution in [0.4, 0.5) is 33.1 Å². The van der Waals surface area contributed by atoms with Crippen molar-refractivity contribution in [2.24, 2.45) is 0 Å². The van der Waals surface area contributed by atoms with Gasteiger partial charge in [-0.25, -0.2) is 23.9 Å². The second-order valence-electron chi connectivity index (χ2n) is 7.92. The third-order valence-electron chi connectivity index (χ3n) is 4.78. The number of carbonyl (C=O) groups excluding carboxylic acids is 1. The first-order chi connectivity index (χ1) is 17.0. The highest BCUT2D eigenvalue weighted by Crippen LogP contribution is 2.33. The Kier molecular flexibility index (Phi) is 8.08. The average molecular weight is 513 g/mol. The minimum absolute atomic E-state index is 0.0994. The lowest BCUT2D eigenvalue weighted by atomic mass is 10.1. The maximum Gasteiger partial charge on any atom is 0.278 e. The number of terminal acetylenes is 1. The van der Waals surface area contributed by atoms with Crippen LogP contribution in [0.3, 0.4) is 0 Å². The third-order valence-corrected chi connectivity index (χ3v) is 5.97. The van der Waals surface area contributed by atoms with Crippen LogP contribution in [-0.4, -0.2) is 43.7 Å². The van der Waals surface area contributed by atoms with Gasteiger partial charge in [-0.2, -0.15) is 4.39 Å². The van der Waals surface area contributed by atoms with Crippen molar-refractivity contribution < 1.29 is 22.4 Å². The number of aromatic nitrogens is 2. The van der Waals surface area contributed by atoms with Crippen molar-refractivity contribution in [1.82, 2.24) is 15.4 Å². The normalized spacial score (nSPS) is 11.0. The summed E-state index contributed by atoms with van der Waals surface area (Å²) in [5.74, 6) is 1.65. The van der Waals surface area contributed by atoms with Gasteiger partial charge in [-0.3, -0.25) is 13.9 Å². The molecule has 0 bridgehead atoms. The van der Waals surface area contributed by atoms with Gasteiger partial charge in [-0.15, -0.1) is 6.42 Å². The summed E-state index contributed by atoms with van der Waals surface area (Å²) in [6, 6.07) is 10.5. The summed E-state index contributed by atoms with van der Waals surface area (Å²) in [6.45, 7) is 3.49. The predicted molar refractivity (Wildman–Crippen MR) is 136 cm³/mol. The first-order valence-electron chi connectivity index (χ1n) is 10.6. The molecule has 2 aromatic heterocycles. The first-order valence-corrected chi connectivity index (χ1v) is 12.5. The van der Waals surface area contributed by atoms with E-state index in [4.69, 9.17) is 11.3 Å². The van der Waals surface area contributed by atoms with Gasteiger partial charge in [0.25, 0.3) is 5.91 Å². The smallest absolute Gasteiger partial charge is 0.278 e. The van der Waals surface area contributed by atoms with Crippen molar-refractivity contribution in [3.8, 4) is 12.3 Å². The maximum atomic E-state index is 13.5. The van der Waals surface area contributed by atoms with E-state index in [-0.39, 0.29) is 34.7 Å². The van der Waals surface area contributed by atoms with Gasteiger partial charge in [0.15, 0.2) is 0 Å². The summed E-state index contributed by atoms with van der Waals surface area (Å²) in [5, 5.41) is 5.96. The molecule has 2 heterocycles. The molecular weight excluding hydrogens is 487 g/mol. The molecule has 0 aliphatic rings. The minimum Gasteiger partial charge on any atom is -0.353 e. The number of hydrogen-bond acceptors (Lipinski definition) is 8. The van der Waals surface area contributed by atoms with Crippen LogP contribution < -0.4 is 20.4 Å². The van der Waals surface area contributed by atoms with Gasteiger partial charge in [0.05, 0.1) is 35.0 Å². The van der Waals surface area contributed by atoms with Crippen molar-refractivity contribution in [2.45, 2.75) is 20.0 Å². The van der Waals surface area contributed by atoms with Crippen LogP contribution in [0, 0.1) is 18.3 Å². The standard InChI is InChI=1S/C24H25FN6O4S/c1-6-16-10-11-18(20(12-16)31(4)36(5,33)34)27-19-13-23(29-22-9-7-8-21(25)28-22)26-14-17(19)24(32)30-35-15(2)3/h1,7-15H,2-5H3,(H,30,32)(H2,26,27,28,29). The summed E-state index contributed by atoms with van der Waals surface area (Å²) in [4.78, 5) is 26.0. The Morgan fingerprint density at radius 1 is 1.14 bits per heavy atom. The summed E-state index contributed by atoms with van der Waals surface area (Å²) < 4.78 is 39.1. The number of nitrogens with one attached hydrogen (secondary N) is 3. The minimum atomic E-state index is -3.64. The van der Waals surface area contributed by atoms with Crippen LogP contribution in [0.5, 0.6) is 0 Å². The summed E-state index contributed by atoms with van der Waals surface area (Å²) in [5.41, 5.74) is 3.77. The second kappa shape index (κ2) is 11.0. The van der Waals surface area contributed by atoms with Crippen molar-refractivity contribution >= 4 is 44.6 Å². The van der Waals surface area contributed by atoms with E-state index in [1.807, 2.05) is 0 Å². The fraction of sp³-hybridized carbons (Fsp3) is 0.208. The molecule has 1 aromatic carbocycles. The van der Waals surface area contributed by atoms with E-state index in [1.165, 1.54) is 37.5 Å². The number of amides is 1. The quantitative estimate of drug-likeness (QED) is 0.226. The lowest BCUT2D eigenvalue weighted by Gasteiger charge is -2.22. The molecule has 1 amide bonds. The van der Waals surface area contributed by atoms with Gasteiger partial charge in [0.2, 0.25) is 16.0 Å². The van der Waals surface area contributed by atoms with E-state index in [9.17, 15) is 17.6 Å². The van der Waals surface area contributed by atoms with Crippen molar-refractivity contribution in [2.75, 3.05) is 28.2 Å². The molecule has 0 fully saturated rings. The summed E-state index contributed by atoms with van der Waals surface area (Å²) in [6.07, 6.45) is 7.58. The number of carbonyl (C=O) groups is 1. The van der Waals surface area contributed by atoms with Gasteiger partial charge in [0, 0.05) is 24.9 Å². The van der Waals surface area contributed by atoms with Gasteiger partial charge >= 0.3 is 0 Å². The largest absolute Gasteiger partial charge is 0.353 e. The number of halogens is 1. The maximum absolute atomic E-state index is 13.5. The molecule has 0 saturated heterocycles. The fourth-order valence-electron chi connectivity index (χ4n) is 2.95. The van der Waals surface area contributed by atoms with Crippen LogP contribution in [0.15, 0.2) is 48.7 Å². The molecule has 36 heavy (non-hydrogen) atoms. The molecule has 3 N–H and O–H groups in total. The van der Waals surface area contributed by atoms with E-state index < -0.39 is 21.9 Å². The number of anilines is 5. The first kappa shape index (κ1) is 26.4. The molecule has 0 saturated carbocycles. The fourth-order valence-corrected chi connectivity index (χ4v) is 3.46. The van der Waals surface area contributed by atoms with Crippen LogP contribution in [0.25, 0.3) is 0 Å². The topological polar surface area (TPSA) is 126 Å². The molecule has 10 nitrogen and oxygen atoms in total. The van der Waals surface area contributed by atoms with Gasteiger partial charge in [0.1, 0.15) is 11.6 Å². The number of benzene rings is 1. The highest BCUT2D eigenvalue weighted by atomic mass is 32.2. The lowest BCUT2D eigenvalue weighted by molar-refractivity contribution is 0.000223. The molecule has 0 atom stereocenters. The second-order valence-corrected chi connectivity index (χ2v) is 9.93. The highest BCUT2D eigenvalue weighted by Gasteiger charge is 2.20. The molecule has 0 radical (unpaired) electrons. The van der Waals surface area contributed by atoms with Gasteiger partial charge in [-0.1, -0.05) is 12.0 Å².